The zero-order valence-corrected chi connectivity index (χ0v) is 14.1. The SMILES string of the molecule is O=C1CC[C@H](Oc2ccc(Oc3ccc(-c4cc[nH]n4)cc3)cc2)CN1. The van der Waals surface area contributed by atoms with Crippen molar-refractivity contribution in [3.63, 3.8) is 0 Å². The van der Waals surface area contributed by atoms with Crippen LogP contribution in [-0.2, 0) is 4.79 Å². The molecule has 1 fully saturated rings. The van der Waals surface area contributed by atoms with Crippen molar-refractivity contribution in [3.05, 3.63) is 60.8 Å². The number of benzene rings is 2. The zero-order valence-electron chi connectivity index (χ0n) is 14.1. The molecule has 1 saturated heterocycles. The third-order valence-electron chi connectivity index (χ3n) is 4.23. The number of ether oxygens (including phenoxy) is 2. The van der Waals surface area contributed by atoms with Crippen molar-refractivity contribution in [1.29, 1.82) is 0 Å². The van der Waals surface area contributed by atoms with E-state index in [1.165, 1.54) is 0 Å². The molecule has 1 aromatic heterocycles. The highest BCUT2D eigenvalue weighted by Gasteiger charge is 2.19. The van der Waals surface area contributed by atoms with Crippen molar-refractivity contribution < 1.29 is 14.3 Å². The molecule has 2 aromatic carbocycles. The van der Waals surface area contributed by atoms with Gasteiger partial charge in [-0.15, -0.1) is 0 Å². The first-order valence-corrected chi connectivity index (χ1v) is 8.58. The largest absolute Gasteiger partial charge is 0.489 e. The van der Waals surface area contributed by atoms with Gasteiger partial charge in [0.15, 0.2) is 0 Å². The van der Waals surface area contributed by atoms with Crippen LogP contribution in [0, 0.1) is 0 Å². The minimum Gasteiger partial charge on any atom is -0.489 e. The van der Waals surface area contributed by atoms with Crippen molar-refractivity contribution in [2.75, 3.05) is 6.54 Å². The minimum atomic E-state index is 0.0223. The summed E-state index contributed by atoms with van der Waals surface area (Å²) in [5.74, 6) is 2.36. The number of hydrogen-bond donors (Lipinski definition) is 2. The van der Waals surface area contributed by atoms with Crippen molar-refractivity contribution >= 4 is 5.91 Å². The fourth-order valence-corrected chi connectivity index (χ4v) is 2.84. The van der Waals surface area contributed by atoms with Gasteiger partial charge in [-0.3, -0.25) is 9.89 Å². The highest BCUT2D eigenvalue weighted by atomic mass is 16.5. The van der Waals surface area contributed by atoms with Crippen molar-refractivity contribution in [2.45, 2.75) is 18.9 Å². The van der Waals surface area contributed by atoms with Crippen molar-refractivity contribution in [1.82, 2.24) is 15.5 Å². The minimum absolute atomic E-state index is 0.0223. The van der Waals surface area contributed by atoms with E-state index in [0.717, 1.165) is 34.9 Å². The lowest BCUT2D eigenvalue weighted by molar-refractivity contribution is -0.123. The first kappa shape index (κ1) is 16.2. The van der Waals surface area contributed by atoms with Crippen LogP contribution in [0.15, 0.2) is 60.8 Å². The lowest BCUT2D eigenvalue weighted by atomic mass is 10.1. The molecule has 0 unspecified atom stereocenters. The second-order valence-corrected chi connectivity index (χ2v) is 6.14. The highest BCUT2D eigenvalue weighted by Crippen LogP contribution is 2.27. The number of amides is 1. The first-order valence-electron chi connectivity index (χ1n) is 8.58. The van der Waals surface area contributed by atoms with Crippen LogP contribution in [0.25, 0.3) is 11.3 Å². The number of nitrogens with one attached hydrogen (secondary N) is 2. The number of aromatic amines is 1. The van der Waals surface area contributed by atoms with Gasteiger partial charge in [-0.05, 0) is 61.0 Å². The first-order chi connectivity index (χ1) is 12.8. The summed E-state index contributed by atoms with van der Waals surface area (Å²) in [6.07, 6.45) is 3.08. The van der Waals surface area contributed by atoms with E-state index < -0.39 is 0 Å². The molecule has 132 valence electrons. The third-order valence-corrected chi connectivity index (χ3v) is 4.23. The quantitative estimate of drug-likeness (QED) is 0.739. The average molecular weight is 349 g/mol. The molecule has 1 atom stereocenters. The Morgan fingerprint density at radius 2 is 1.62 bits per heavy atom. The topological polar surface area (TPSA) is 76.2 Å². The molecule has 1 aliphatic heterocycles. The van der Waals surface area contributed by atoms with Crippen LogP contribution >= 0.6 is 0 Å². The van der Waals surface area contributed by atoms with Crippen molar-refractivity contribution in [3.8, 4) is 28.5 Å². The number of H-pyrrole nitrogens is 1. The second-order valence-electron chi connectivity index (χ2n) is 6.14. The summed E-state index contributed by atoms with van der Waals surface area (Å²) in [6, 6.07) is 17.2. The van der Waals surface area contributed by atoms with Gasteiger partial charge in [0.05, 0.1) is 12.2 Å². The van der Waals surface area contributed by atoms with E-state index in [1.807, 2.05) is 54.6 Å². The Morgan fingerprint density at radius 1 is 0.923 bits per heavy atom. The Balaban J connectivity index is 1.36. The van der Waals surface area contributed by atoms with E-state index in [9.17, 15) is 4.79 Å². The van der Waals surface area contributed by atoms with Gasteiger partial charge in [-0.1, -0.05) is 0 Å². The molecule has 1 aliphatic rings. The predicted octanol–water partition coefficient (Wildman–Crippen LogP) is 3.53. The van der Waals surface area contributed by atoms with Gasteiger partial charge in [0.1, 0.15) is 23.4 Å². The van der Waals surface area contributed by atoms with Crippen LogP contribution in [0.2, 0.25) is 0 Å². The monoisotopic (exact) mass is 349 g/mol. The van der Waals surface area contributed by atoms with Crippen LogP contribution in [0.5, 0.6) is 17.2 Å². The van der Waals surface area contributed by atoms with E-state index in [1.54, 1.807) is 6.20 Å². The maximum absolute atomic E-state index is 11.2. The van der Waals surface area contributed by atoms with E-state index in [0.29, 0.717) is 13.0 Å². The Kier molecular flexibility index (Phi) is 4.55. The van der Waals surface area contributed by atoms with E-state index in [4.69, 9.17) is 9.47 Å². The Morgan fingerprint density at radius 3 is 2.23 bits per heavy atom. The fraction of sp³-hybridized carbons (Fsp3) is 0.200. The molecule has 6 heteroatoms. The Bertz CT molecular complexity index is 848. The molecule has 4 rings (SSSR count). The Labute approximate surface area is 151 Å². The van der Waals surface area contributed by atoms with Gasteiger partial charge in [0, 0.05) is 18.2 Å². The second kappa shape index (κ2) is 7.31. The standard InChI is InChI=1S/C20H19N3O3/c24-20-10-9-18(13-21-20)26-17-7-5-16(6-8-17)25-15-3-1-14(2-4-15)19-11-12-22-23-19/h1-8,11-12,18H,9-10,13H2,(H,21,24)(H,22,23)/t18-/m0/s1. The maximum atomic E-state index is 11.2. The summed E-state index contributed by atoms with van der Waals surface area (Å²) in [7, 11) is 0. The average Bonchev–Trinajstić information content (AvgIpc) is 3.21. The van der Waals surface area contributed by atoms with Crippen molar-refractivity contribution in [2.24, 2.45) is 0 Å². The third kappa shape index (κ3) is 3.85. The van der Waals surface area contributed by atoms with Gasteiger partial charge in [0.25, 0.3) is 0 Å². The van der Waals surface area contributed by atoms with Crippen LogP contribution in [-0.4, -0.2) is 28.8 Å². The van der Waals surface area contributed by atoms with Gasteiger partial charge < -0.3 is 14.8 Å². The molecule has 1 amide bonds. The zero-order chi connectivity index (χ0) is 17.8. The molecule has 0 aliphatic carbocycles. The molecular formula is C20H19N3O3. The molecule has 2 heterocycles. The van der Waals surface area contributed by atoms with Crippen LogP contribution in [0.4, 0.5) is 0 Å². The summed E-state index contributed by atoms with van der Waals surface area (Å²) in [6.45, 7) is 0.555. The molecule has 0 spiro atoms. The molecule has 2 N–H and O–H groups in total. The van der Waals surface area contributed by atoms with E-state index >= 15 is 0 Å². The summed E-state index contributed by atoms with van der Waals surface area (Å²) >= 11 is 0. The van der Waals surface area contributed by atoms with Crippen LogP contribution in [0.1, 0.15) is 12.8 Å². The lowest BCUT2D eigenvalue weighted by Crippen LogP contribution is -2.40. The van der Waals surface area contributed by atoms with E-state index in [2.05, 4.69) is 15.5 Å². The number of rotatable bonds is 5. The van der Waals surface area contributed by atoms with E-state index in [-0.39, 0.29) is 12.0 Å². The lowest BCUT2D eigenvalue weighted by Gasteiger charge is -2.23. The summed E-state index contributed by atoms with van der Waals surface area (Å²) in [5.41, 5.74) is 1.93. The molecule has 26 heavy (non-hydrogen) atoms. The van der Waals surface area contributed by atoms with Crippen LogP contribution in [0.3, 0.4) is 0 Å². The normalized spacial score (nSPS) is 16.8. The van der Waals surface area contributed by atoms with Crippen LogP contribution < -0.4 is 14.8 Å². The number of carbonyl (C=O) groups excluding carboxylic acids is 1. The van der Waals surface area contributed by atoms with Gasteiger partial charge in [-0.25, -0.2) is 0 Å². The fourth-order valence-electron chi connectivity index (χ4n) is 2.84. The molecule has 0 radical (unpaired) electrons. The molecule has 6 nitrogen and oxygen atoms in total. The number of nitrogens with zero attached hydrogens (tertiary/aromatic N) is 1. The molecule has 3 aromatic rings. The van der Waals surface area contributed by atoms with Gasteiger partial charge in [-0.2, -0.15) is 5.10 Å². The van der Waals surface area contributed by atoms with Gasteiger partial charge in [0.2, 0.25) is 5.91 Å². The number of hydrogen-bond acceptors (Lipinski definition) is 4. The van der Waals surface area contributed by atoms with Gasteiger partial charge >= 0.3 is 0 Å². The molecule has 0 bridgehead atoms. The highest BCUT2D eigenvalue weighted by molar-refractivity contribution is 5.76. The summed E-state index contributed by atoms with van der Waals surface area (Å²) < 4.78 is 11.8. The maximum Gasteiger partial charge on any atom is 0.220 e. The Hall–Kier alpha value is -3.28. The predicted molar refractivity (Wildman–Crippen MR) is 97.2 cm³/mol. The summed E-state index contributed by atoms with van der Waals surface area (Å²) in [5, 5.41) is 9.78. The number of piperidine rings is 1. The number of carbonyl (C=O) groups is 1. The summed E-state index contributed by atoms with van der Waals surface area (Å²) in [4.78, 5) is 11.2. The molecule has 0 saturated carbocycles. The smallest absolute Gasteiger partial charge is 0.220 e. The number of aromatic nitrogens is 2. The molecular weight excluding hydrogens is 330 g/mol.